The summed E-state index contributed by atoms with van der Waals surface area (Å²) in [5, 5.41) is 0. The van der Waals surface area contributed by atoms with Crippen molar-refractivity contribution in [2.75, 3.05) is 6.54 Å². The van der Waals surface area contributed by atoms with Crippen molar-refractivity contribution >= 4 is 0 Å². The molecule has 0 atom stereocenters. The first kappa shape index (κ1) is 8.55. The van der Waals surface area contributed by atoms with Crippen molar-refractivity contribution in [3.8, 4) is 0 Å². The molecule has 0 aromatic rings. The average molecular weight is 166 g/mol. The Labute approximate surface area is 76.1 Å². The van der Waals surface area contributed by atoms with Gasteiger partial charge in [0.05, 0.1) is 0 Å². The second kappa shape index (κ2) is 3.78. The maximum Gasteiger partial charge on any atom is 0.00993 e. The summed E-state index contributed by atoms with van der Waals surface area (Å²) in [5.74, 6) is 0. The molecule has 0 N–H and O–H groups in total. The van der Waals surface area contributed by atoms with Crippen molar-refractivity contribution in [2.45, 2.75) is 57.0 Å². The Kier molecular flexibility index (Phi) is 2.69. The first-order valence-electron chi connectivity index (χ1n) is 5.47. The van der Waals surface area contributed by atoms with Gasteiger partial charge in [0, 0.05) is 12.1 Å². The lowest BCUT2D eigenvalue weighted by atomic mass is 10.2. The standard InChI is InChI=1S/C11H20N/c1-2-3-4-9-12(10-5-6-10)11-7-8-11/h10-11H,1-9H2. The molecule has 2 aliphatic rings. The van der Waals surface area contributed by atoms with Gasteiger partial charge in [0.2, 0.25) is 0 Å². The topological polar surface area (TPSA) is 3.24 Å². The molecular formula is C11H20N. The van der Waals surface area contributed by atoms with E-state index in [0.717, 1.165) is 18.5 Å². The molecule has 1 radical (unpaired) electrons. The number of hydrogen-bond acceptors (Lipinski definition) is 1. The monoisotopic (exact) mass is 166 g/mol. The van der Waals surface area contributed by atoms with Gasteiger partial charge in [-0.15, -0.1) is 0 Å². The Balaban J connectivity index is 1.66. The molecule has 2 aliphatic carbocycles. The van der Waals surface area contributed by atoms with Gasteiger partial charge in [-0.3, -0.25) is 4.90 Å². The number of hydrogen-bond donors (Lipinski definition) is 0. The first-order chi connectivity index (χ1) is 5.92. The van der Waals surface area contributed by atoms with Crippen LogP contribution in [0.25, 0.3) is 0 Å². The van der Waals surface area contributed by atoms with E-state index in [-0.39, 0.29) is 0 Å². The fraction of sp³-hybridized carbons (Fsp3) is 0.909. The third-order valence-electron chi connectivity index (χ3n) is 2.95. The normalized spacial score (nSPS) is 23.5. The van der Waals surface area contributed by atoms with Crippen LogP contribution in [-0.4, -0.2) is 23.5 Å². The summed E-state index contributed by atoms with van der Waals surface area (Å²) in [5.41, 5.74) is 0. The molecule has 2 rings (SSSR count). The molecule has 12 heavy (non-hydrogen) atoms. The maximum atomic E-state index is 3.88. The maximum absolute atomic E-state index is 3.88. The molecule has 0 unspecified atom stereocenters. The van der Waals surface area contributed by atoms with Crippen LogP contribution in [-0.2, 0) is 0 Å². The lowest BCUT2D eigenvalue weighted by molar-refractivity contribution is 0.248. The predicted molar refractivity (Wildman–Crippen MR) is 52.0 cm³/mol. The van der Waals surface area contributed by atoms with Gasteiger partial charge < -0.3 is 0 Å². The lowest BCUT2D eigenvalue weighted by Gasteiger charge is -2.20. The Morgan fingerprint density at radius 2 is 1.58 bits per heavy atom. The molecule has 0 bridgehead atoms. The Bertz CT molecular complexity index is 124. The minimum Gasteiger partial charge on any atom is -0.297 e. The highest BCUT2D eigenvalue weighted by Crippen LogP contribution is 2.37. The summed E-state index contributed by atoms with van der Waals surface area (Å²) in [6, 6.07) is 1.98. The van der Waals surface area contributed by atoms with Crippen LogP contribution < -0.4 is 0 Å². The molecule has 0 saturated heterocycles. The van der Waals surface area contributed by atoms with Crippen molar-refractivity contribution in [3.05, 3.63) is 6.92 Å². The van der Waals surface area contributed by atoms with E-state index in [0.29, 0.717) is 0 Å². The van der Waals surface area contributed by atoms with Gasteiger partial charge in [0.1, 0.15) is 0 Å². The SMILES string of the molecule is [CH2]CCCCN(C1CC1)C1CC1. The van der Waals surface area contributed by atoms with Crippen LogP contribution in [0.15, 0.2) is 0 Å². The molecule has 0 aliphatic heterocycles. The van der Waals surface area contributed by atoms with E-state index in [1.54, 1.807) is 0 Å². The van der Waals surface area contributed by atoms with Crippen LogP contribution in [0.3, 0.4) is 0 Å². The molecule has 0 amide bonds. The van der Waals surface area contributed by atoms with E-state index in [1.807, 2.05) is 0 Å². The van der Waals surface area contributed by atoms with Gasteiger partial charge in [-0.25, -0.2) is 0 Å². The zero-order chi connectivity index (χ0) is 8.39. The van der Waals surface area contributed by atoms with Crippen LogP contribution in [0.1, 0.15) is 44.9 Å². The number of unbranched alkanes of at least 4 members (excludes halogenated alkanes) is 2. The molecule has 0 spiro atoms. The van der Waals surface area contributed by atoms with E-state index >= 15 is 0 Å². The summed E-state index contributed by atoms with van der Waals surface area (Å²) in [7, 11) is 0. The fourth-order valence-electron chi connectivity index (χ4n) is 1.95. The average Bonchev–Trinajstić information content (AvgIpc) is 2.87. The molecule has 0 aromatic heterocycles. The highest BCUT2D eigenvalue weighted by Gasteiger charge is 2.38. The molecular weight excluding hydrogens is 146 g/mol. The van der Waals surface area contributed by atoms with E-state index in [1.165, 1.54) is 45.1 Å². The molecule has 2 saturated carbocycles. The van der Waals surface area contributed by atoms with Crippen molar-refractivity contribution in [1.82, 2.24) is 4.90 Å². The van der Waals surface area contributed by atoms with Crippen molar-refractivity contribution in [3.63, 3.8) is 0 Å². The highest BCUT2D eigenvalue weighted by molar-refractivity contribution is 4.94. The van der Waals surface area contributed by atoms with Crippen LogP contribution >= 0.6 is 0 Å². The largest absolute Gasteiger partial charge is 0.297 e. The van der Waals surface area contributed by atoms with Crippen LogP contribution in [0.2, 0.25) is 0 Å². The van der Waals surface area contributed by atoms with E-state index in [9.17, 15) is 0 Å². The van der Waals surface area contributed by atoms with Gasteiger partial charge in [0.15, 0.2) is 0 Å². The predicted octanol–water partition coefficient (Wildman–Crippen LogP) is 2.62. The third-order valence-corrected chi connectivity index (χ3v) is 2.95. The Morgan fingerprint density at radius 3 is 2.00 bits per heavy atom. The summed E-state index contributed by atoms with van der Waals surface area (Å²) < 4.78 is 0. The van der Waals surface area contributed by atoms with Gasteiger partial charge in [-0.2, -0.15) is 0 Å². The quantitative estimate of drug-likeness (QED) is 0.548. The number of nitrogens with zero attached hydrogens (tertiary/aromatic N) is 1. The minimum absolute atomic E-state index is 0.988. The van der Waals surface area contributed by atoms with Crippen molar-refractivity contribution in [1.29, 1.82) is 0 Å². The molecule has 0 heterocycles. The lowest BCUT2D eigenvalue weighted by Crippen LogP contribution is -2.29. The summed E-state index contributed by atoms with van der Waals surface area (Å²) in [6.45, 7) is 5.24. The summed E-state index contributed by atoms with van der Waals surface area (Å²) in [6.07, 6.45) is 9.69. The highest BCUT2D eigenvalue weighted by atomic mass is 15.2. The molecule has 69 valence electrons. The summed E-state index contributed by atoms with van der Waals surface area (Å²) in [4.78, 5) is 2.76. The van der Waals surface area contributed by atoms with Gasteiger partial charge in [-0.1, -0.05) is 19.8 Å². The van der Waals surface area contributed by atoms with E-state index < -0.39 is 0 Å². The zero-order valence-corrected chi connectivity index (χ0v) is 7.97. The fourth-order valence-corrected chi connectivity index (χ4v) is 1.95. The van der Waals surface area contributed by atoms with E-state index in [2.05, 4.69) is 11.8 Å². The molecule has 0 aromatic carbocycles. The van der Waals surface area contributed by atoms with Crippen LogP contribution in [0.5, 0.6) is 0 Å². The second-order valence-electron chi connectivity index (χ2n) is 4.26. The first-order valence-corrected chi connectivity index (χ1v) is 5.47. The minimum atomic E-state index is 0.988. The van der Waals surface area contributed by atoms with Crippen molar-refractivity contribution in [2.24, 2.45) is 0 Å². The molecule has 1 heteroatoms. The van der Waals surface area contributed by atoms with Gasteiger partial charge >= 0.3 is 0 Å². The van der Waals surface area contributed by atoms with E-state index in [4.69, 9.17) is 0 Å². The second-order valence-corrected chi connectivity index (χ2v) is 4.26. The molecule has 1 nitrogen and oxygen atoms in total. The van der Waals surface area contributed by atoms with Crippen molar-refractivity contribution < 1.29 is 0 Å². The molecule has 2 fully saturated rings. The zero-order valence-electron chi connectivity index (χ0n) is 7.97. The Morgan fingerprint density at radius 1 is 1.00 bits per heavy atom. The van der Waals surface area contributed by atoms with Crippen LogP contribution in [0, 0.1) is 6.92 Å². The Hall–Kier alpha value is -0.0400. The number of rotatable bonds is 6. The van der Waals surface area contributed by atoms with Gasteiger partial charge in [-0.05, 0) is 38.6 Å². The summed E-state index contributed by atoms with van der Waals surface area (Å²) >= 11 is 0. The van der Waals surface area contributed by atoms with Gasteiger partial charge in [0.25, 0.3) is 0 Å². The van der Waals surface area contributed by atoms with Crippen LogP contribution in [0.4, 0.5) is 0 Å². The smallest absolute Gasteiger partial charge is 0.00993 e. The third kappa shape index (κ3) is 2.22.